The Balaban J connectivity index is 1.58. The Labute approximate surface area is 162 Å². The molecule has 0 saturated heterocycles. The number of pyridine rings is 1. The number of ether oxygens (including phenoxy) is 2. The summed E-state index contributed by atoms with van der Waals surface area (Å²) >= 11 is 0. The molecule has 28 heavy (non-hydrogen) atoms. The van der Waals surface area contributed by atoms with Crippen molar-refractivity contribution in [3.05, 3.63) is 72.3 Å². The van der Waals surface area contributed by atoms with Crippen molar-refractivity contribution in [2.45, 2.75) is 6.10 Å². The number of nitrogens with two attached hydrogens (primary N) is 2. The molecule has 1 atom stereocenters. The predicted molar refractivity (Wildman–Crippen MR) is 107 cm³/mol. The first-order chi connectivity index (χ1) is 13.6. The summed E-state index contributed by atoms with van der Waals surface area (Å²) in [5.41, 5.74) is 13.0. The van der Waals surface area contributed by atoms with Gasteiger partial charge in [-0.15, -0.1) is 0 Å². The first-order valence-corrected chi connectivity index (χ1v) is 8.89. The average molecular weight is 376 g/mol. The summed E-state index contributed by atoms with van der Waals surface area (Å²) in [6, 6.07) is 19.9. The standard InChI is InChI=1S/C21H20N4O3/c22-15-7-4-8-16(13-15)27-12-11-25-20-17(9-10-18(23)24-20)28-19(21(25)26)14-5-2-1-3-6-14/h1-10,13,19H,11-12,22H2,(H2,23,24). The molecule has 1 aliphatic rings. The maximum atomic E-state index is 13.1. The molecule has 142 valence electrons. The molecule has 1 aliphatic heterocycles. The highest BCUT2D eigenvalue weighted by molar-refractivity contribution is 5.99. The molecule has 1 unspecified atom stereocenters. The molecule has 0 fully saturated rings. The third-order valence-electron chi connectivity index (χ3n) is 4.40. The molecule has 2 heterocycles. The van der Waals surface area contributed by atoms with Gasteiger partial charge in [0.25, 0.3) is 5.91 Å². The van der Waals surface area contributed by atoms with Crippen LogP contribution in [0.5, 0.6) is 11.5 Å². The van der Waals surface area contributed by atoms with E-state index in [9.17, 15) is 4.79 Å². The number of carbonyl (C=O) groups is 1. The van der Waals surface area contributed by atoms with Crippen LogP contribution in [0.4, 0.5) is 17.3 Å². The Morgan fingerprint density at radius 3 is 2.64 bits per heavy atom. The van der Waals surface area contributed by atoms with Crippen LogP contribution in [0.3, 0.4) is 0 Å². The quantitative estimate of drug-likeness (QED) is 0.664. The van der Waals surface area contributed by atoms with E-state index in [0.29, 0.717) is 35.4 Å². The Bertz CT molecular complexity index is 994. The maximum absolute atomic E-state index is 13.1. The summed E-state index contributed by atoms with van der Waals surface area (Å²) in [6.07, 6.45) is -0.744. The molecule has 1 aromatic heterocycles. The second kappa shape index (κ2) is 7.48. The van der Waals surface area contributed by atoms with Gasteiger partial charge in [0.2, 0.25) is 6.10 Å². The van der Waals surface area contributed by atoms with Gasteiger partial charge in [0.1, 0.15) is 18.2 Å². The molecule has 7 heteroatoms. The fourth-order valence-electron chi connectivity index (χ4n) is 3.07. The number of amides is 1. The van der Waals surface area contributed by atoms with Crippen molar-refractivity contribution in [2.24, 2.45) is 0 Å². The topological polar surface area (TPSA) is 104 Å². The van der Waals surface area contributed by atoms with Crippen molar-refractivity contribution < 1.29 is 14.3 Å². The van der Waals surface area contributed by atoms with Crippen LogP contribution in [0.2, 0.25) is 0 Å². The van der Waals surface area contributed by atoms with Crippen molar-refractivity contribution in [2.75, 3.05) is 29.5 Å². The summed E-state index contributed by atoms with van der Waals surface area (Å²) in [5, 5.41) is 0. The third kappa shape index (κ3) is 3.55. The van der Waals surface area contributed by atoms with Gasteiger partial charge < -0.3 is 20.9 Å². The highest BCUT2D eigenvalue weighted by Crippen LogP contribution is 2.37. The van der Waals surface area contributed by atoms with Gasteiger partial charge in [-0.1, -0.05) is 36.4 Å². The lowest BCUT2D eigenvalue weighted by Crippen LogP contribution is -2.43. The number of aromatic nitrogens is 1. The van der Waals surface area contributed by atoms with Crippen LogP contribution in [0, 0.1) is 0 Å². The monoisotopic (exact) mass is 376 g/mol. The highest BCUT2D eigenvalue weighted by atomic mass is 16.5. The lowest BCUT2D eigenvalue weighted by atomic mass is 10.1. The van der Waals surface area contributed by atoms with E-state index < -0.39 is 6.10 Å². The van der Waals surface area contributed by atoms with Crippen LogP contribution in [-0.4, -0.2) is 24.0 Å². The zero-order chi connectivity index (χ0) is 19.5. The summed E-state index contributed by atoms with van der Waals surface area (Å²) in [6.45, 7) is 0.566. The van der Waals surface area contributed by atoms with E-state index in [1.165, 1.54) is 0 Å². The van der Waals surface area contributed by atoms with E-state index in [2.05, 4.69) is 4.98 Å². The van der Waals surface area contributed by atoms with Gasteiger partial charge in [-0.2, -0.15) is 0 Å². The van der Waals surface area contributed by atoms with Crippen molar-refractivity contribution in [3.8, 4) is 11.5 Å². The van der Waals surface area contributed by atoms with Crippen molar-refractivity contribution >= 4 is 23.2 Å². The minimum Gasteiger partial charge on any atom is -0.492 e. The SMILES string of the molecule is Nc1cccc(OCCN2C(=O)C(c3ccccc3)Oc3ccc(N)nc32)c1. The van der Waals surface area contributed by atoms with Crippen molar-refractivity contribution in [1.29, 1.82) is 0 Å². The van der Waals surface area contributed by atoms with Crippen LogP contribution in [0.25, 0.3) is 0 Å². The van der Waals surface area contributed by atoms with Crippen LogP contribution >= 0.6 is 0 Å². The summed E-state index contributed by atoms with van der Waals surface area (Å²) in [7, 11) is 0. The first-order valence-electron chi connectivity index (χ1n) is 8.89. The van der Waals surface area contributed by atoms with E-state index in [1.54, 1.807) is 29.2 Å². The molecule has 0 bridgehead atoms. The minimum absolute atomic E-state index is 0.215. The lowest BCUT2D eigenvalue weighted by molar-refractivity contribution is -0.126. The van der Waals surface area contributed by atoms with E-state index >= 15 is 0 Å². The van der Waals surface area contributed by atoms with Gasteiger partial charge in [-0.3, -0.25) is 9.69 Å². The number of nitrogen functional groups attached to an aromatic ring is 2. The van der Waals surface area contributed by atoms with Gasteiger partial charge in [0.05, 0.1) is 6.54 Å². The number of anilines is 3. The largest absolute Gasteiger partial charge is 0.492 e. The number of carbonyl (C=O) groups excluding carboxylic acids is 1. The minimum atomic E-state index is -0.744. The van der Waals surface area contributed by atoms with Crippen LogP contribution < -0.4 is 25.8 Å². The fraction of sp³-hybridized carbons (Fsp3) is 0.143. The fourth-order valence-corrected chi connectivity index (χ4v) is 3.07. The van der Waals surface area contributed by atoms with Gasteiger partial charge in [-0.25, -0.2) is 4.98 Å². The molecule has 4 rings (SSSR count). The lowest BCUT2D eigenvalue weighted by Gasteiger charge is -2.33. The summed E-state index contributed by atoms with van der Waals surface area (Å²) < 4.78 is 11.7. The molecule has 0 radical (unpaired) electrons. The normalized spacial score (nSPS) is 15.6. The van der Waals surface area contributed by atoms with Crippen molar-refractivity contribution in [1.82, 2.24) is 4.98 Å². The van der Waals surface area contributed by atoms with Gasteiger partial charge in [-0.05, 0) is 24.3 Å². The Morgan fingerprint density at radius 2 is 1.86 bits per heavy atom. The number of hydrogen-bond acceptors (Lipinski definition) is 6. The number of nitrogens with zero attached hydrogens (tertiary/aromatic N) is 2. The van der Waals surface area contributed by atoms with E-state index in [1.807, 2.05) is 42.5 Å². The van der Waals surface area contributed by atoms with Crippen LogP contribution in [-0.2, 0) is 4.79 Å². The molecular formula is C21H20N4O3. The summed E-state index contributed by atoms with van der Waals surface area (Å²) in [4.78, 5) is 19.0. The number of fused-ring (bicyclic) bond motifs is 1. The smallest absolute Gasteiger partial charge is 0.274 e. The molecule has 0 aliphatic carbocycles. The first kappa shape index (κ1) is 17.7. The van der Waals surface area contributed by atoms with Gasteiger partial charge in [0, 0.05) is 17.3 Å². The van der Waals surface area contributed by atoms with Crippen LogP contribution in [0.15, 0.2) is 66.7 Å². The Kier molecular flexibility index (Phi) is 4.72. The summed E-state index contributed by atoms with van der Waals surface area (Å²) in [5.74, 6) is 1.64. The third-order valence-corrected chi connectivity index (χ3v) is 4.40. The molecule has 0 spiro atoms. The van der Waals surface area contributed by atoms with E-state index in [4.69, 9.17) is 20.9 Å². The number of rotatable bonds is 5. The maximum Gasteiger partial charge on any atom is 0.274 e. The molecule has 4 N–H and O–H groups in total. The highest BCUT2D eigenvalue weighted by Gasteiger charge is 2.36. The zero-order valence-corrected chi connectivity index (χ0v) is 15.1. The second-order valence-corrected chi connectivity index (χ2v) is 6.38. The molecule has 2 aromatic carbocycles. The zero-order valence-electron chi connectivity index (χ0n) is 15.1. The number of benzene rings is 2. The predicted octanol–water partition coefficient (Wildman–Crippen LogP) is 2.79. The van der Waals surface area contributed by atoms with Crippen LogP contribution in [0.1, 0.15) is 11.7 Å². The van der Waals surface area contributed by atoms with Gasteiger partial charge >= 0.3 is 0 Å². The van der Waals surface area contributed by atoms with Gasteiger partial charge in [0.15, 0.2) is 11.6 Å². The second-order valence-electron chi connectivity index (χ2n) is 6.38. The van der Waals surface area contributed by atoms with Crippen molar-refractivity contribution in [3.63, 3.8) is 0 Å². The average Bonchev–Trinajstić information content (AvgIpc) is 2.70. The van der Waals surface area contributed by atoms with E-state index in [-0.39, 0.29) is 12.5 Å². The Morgan fingerprint density at radius 1 is 1.04 bits per heavy atom. The molecule has 7 nitrogen and oxygen atoms in total. The Hall–Kier alpha value is -3.74. The molecular weight excluding hydrogens is 356 g/mol. The molecule has 0 saturated carbocycles. The number of hydrogen-bond donors (Lipinski definition) is 2. The molecule has 3 aromatic rings. The molecule has 1 amide bonds. The van der Waals surface area contributed by atoms with E-state index in [0.717, 1.165) is 5.56 Å².